The Morgan fingerprint density at radius 1 is 1.47 bits per heavy atom. The molecule has 0 aliphatic carbocycles. The first-order chi connectivity index (χ1) is 8.97. The van der Waals surface area contributed by atoms with Crippen molar-refractivity contribution in [3.05, 3.63) is 16.1 Å². The molecular formula is C13H21BrN2O3. The second-order valence-corrected chi connectivity index (χ2v) is 5.30. The minimum absolute atomic E-state index is 0.157. The van der Waals surface area contributed by atoms with Gasteiger partial charge in [-0.1, -0.05) is 13.3 Å². The molecule has 0 fully saturated rings. The average molecular weight is 333 g/mol. The smallest absolute Gasteiger partial charge is 0.357 e. The first-order valence-corrected chi connectivity index (χ1v) is 7.28. The Bertz CT molecular complexity index is 430. The average Bonchev–Trinajstić information content (AvgIpc) is 2.58. The van der Waals surface area contributed by atoms with E-state index in [0.29, 0.717) is 29.5 Å². The van der Waals surface area contributed by atoms with E-state index in [-0.39, 0.29) is 12.1 Å². The number of carbonyl (C=O) groups excluding carboxylic acids is 1. The van der Waals surface area contributed by atoms with Gasteiger partial charge in [-0.25, -0.2) is 9.78 Å². The molecule has 0 radical (unpaired) electrons. The van der Waals surface area contributed by atoms with Crippen molar-refractivity contribution >= 4 is 21.9 Å². The maximum Gasteiger partial charge on any atom is 0.357 e. The third-order valence-corrected chi connectivity index (χ3v) is 3.10. The zero-order valence-electron chi connectivity index (χ0n) is 11.9. The van der Waals surface area contributed by atoms with E-state index in [1.165, 1.54) is 0 Å². The van der Waals surface area contributed by atoms with Crippen LogP contribution in [0.15, 0.2) is 4.73 Å². The molecule has 0 saturated heterocycles. The van der Waals surface area contributed by atoms with Gasteiger partial charge in [0.25, 0.3) is 0 Å². The molecule has 1 aromatic heterocycles. The van der Waals surface area contributed by atoms with Crippen molar-refractivity contribution in [1.29, 1.82) is 0 Å². The van der Waals surface area contributed by atoms with Crippen LogP contribution in [0.5, 0.6) is 0 Å². The second kappa shape index (κ2) is 7.65. The number of hydrogen-bond acceptors (Lipinski definition) is 4. The van der Waals surface area contributed by atoms with Crippen LogP contribution < -0.4 is 0 Å². The number of hydrogen-bond donors (Lipinski definition) is 0. The van der Waals surface area contributed by atoms with E-state index in [4.69, 9.17) is 9.47 Å². The van der Waals surface area contributed by atoms with Crippen LogP contribution in [0.1, 0.15) is 49.8 Å². The van der Waals surface area contributed by atoms with E-state index in [2.05, 4.69) is 27.8 Å². The zero-order chi connectivity index (χ0) is 14.4. The van der Waals surface area contributed by atoms with Crippen molar-refractivity contribution in [2.45, 2.75) is 53.4 Å². The quantitative estimate of drug-likeness (QED) is 0.567. The van der Waals surface area contributed by atoms with E-state index >= 15 is 0 Å². The largest absolute Gasteiger partial charge is 0.458 e. The summed E-state index contributed by atoms with van der Waals surface area (Å²) >= 11 is 3.34. The molecule has 0 bridgehead atoms. The van der Waals surface area contributed by atoms with E-state index in [9.17, 15) is 4.79 Å². The number of aromatic nitrogens is 2. The number of imidazole rings is 1. The summed E-state index contributed by atoms with van der Waals surface area (Å²) in [5.41, 5.74) is 1.08. The summed E-state index contributed by atoms with van der Waals surface area (Å²) in [5.74, 6) is -0.371. The van der Waals surface area contributed by atoms with Gasteiger partial charge in [-0.05, 0) is 43.1 Å². The minimum atomic E-state index is -0.371. The number of unbranched alkanes of at least 4 members (excludes halogenated alkanes) is 1. The molecule has 0 atom stereocenters. The van der Waals surface area contributed by atoms with Gasteiger partial charge < -0.3 is 9.47 Å². The molecule has 0 amide bonds. The third-order valence-electron chi connectivity index (χ3n) is 2.49. The Kier molecular flexibility index (Phi) is 6.51. The summed E-state index contributed by atoms with van der Waals surface area (Å²) in [4.78, 5) is 16.3. The van der Waals surface area contributed by atoms with Crippen molar-refractivity contribution < 1.29 is 14.3 Å². The number of halogens is 1. The van der Waals surface area contributed by atoms with Crippen LogP contribution in [0.2, 0.25) is 0 Å². The molecule has 0 spiro atoms. The van der Waals surface area contributed by atoms with Gasteiger partial charge in [0, 0.05) is 6.61 Å². The highest BCUT2D eigenvalue weighted by Crippen LogP contribution is 2.18. The summed E-state index contributed by atoms with van der Waals surface area (Å²) in [7, 11) is 0. The predicted molar refractivity (Wildman–Crippen MR) is 76.1 cm³/mol. The number of esters is 1. The summed E-state index contributed by atoms with van der Waals surface area (Å²) < 4.78 is 13.0. The number of aryl methyl sites for hydroxylation is 1. The first-order valence-electron chi connectivity index (χ1n) is 6.48. The highest BCUT2D eigenvalue weighted by atomic mass is 79.9. The Balaban J connectivity index is 2.81. The molecule has 19 heavy (non-hydrogen) atoms. The van der Waals surface area contributed by atoms with Gasteiger partial charge in [0.2, 0.25) is 0 Å². The lowest BCUT2D eigenvalue weighted by Crippen LogP contribution is -2.18. The molecule has 1 rings (SSSR count). The number of carbonyl (C=O) groups is 1. The highest BCUT2D eigenvalue weighted by Gasteiger charge is 2.21. The van der Waals surface area contributed by atoms with Crippen molar-refractivity contribution in [2.75, 3.05) is 6.61 Å². The van der Waals surface area contributed by atoms with Gasteiger partial charge in [-0.3, -0.25) is 4.57 Å². The lowest BCUT2D eigenvalue weighted by Gasteiger charge is -2.12. The Morgan fingerprint density at radius 2 is 2.16 bits per heavy atom. The number of nitrogens with zero attached hydrogens (tertiary/aromatic N) is 2. The molecular weight excluding hydrogens is 312 g/mol. The molecule has 0 aliphatic rings. The first kappa shape index (κ1) is 16.2. The van der Waals surface area contributed by atoms with Crippen LogP contribution >= 0.6 is 15.9 Å². The highest BCUT2D eigenvalue weighted by molar-refractivity contribution is 9.10. The van der Waals surface area contributed by atoms with Gasteiger partial charge in [0.1, 0.15) is 6.73 Å². The maximum atomic E-state index is 12.0. The number of rotatable bonds is 7. The van der Waals surface area contributed by atoms with Gasteiger partial charge >= 0.3 is 5.97 Å². The SMILES string of the molecule is CCCCOCn1c(Br)nc(C)c1C(=O)OC(C)C. The summed E-state index contributed by atoms with van der Waals surface area (Å²) in [5, 5.41) is 0. The van der Waals surface area contributed by atoms with Crippen LogP contribution in [0.25, 0.3) is 0 Å². The summed E-state index contributed by atoms with van der Waals surface area (Å²) in [6.07, 6.45) is 1.92. The summed E-state index contributed by atoms with van der Waals surface area (Å²) in [6.45, 7) is 8.49. The van der Waals surface area contributed by atoms with Crippen LogP contribution in [-0.4, -0.2) is 28.2 Å². The lowest BCUT2D eigenvalue weighted by atomic mass is 10.3. The van der Waals surface area contributed by atoms with E-state index in [1.54, 1.807) is 11.5 Å². The van der Waals surface area contributed by atoms with E-state index in [1.807, 2.05) is 13.8 Å². The fourth-order valence-corrected chi connectivity index (χ4v) is 2.13. The fourth-order valence-electron chi connectivity index (χ4n) is 1.59. The van der Waals surface area contributed by atoms with Crippen molar-refractivity contribution in [2.24, 2.45) is 0 Å². The van der Waals surface area contributed by atoms with E-state index < -0.39 is 0 Å². The van der Waals surface area contributed by atoms with Gasteiger partial charge in [0.05, 0.1) is 11.8 Å². The van der Waals surface area contributed by atoms with Gasteiger partial charge in [0.15, 0.2) is 10.4 Å². The topological polar surface area (TPSA) is 53.4 Å². The molecule has 6 heteroatoms. The standard InChI is InChI=1S/C13H21BrN2O3/c1-5-6-7-18-8-16-11(10(4)15-13(16)14)12(17)19-9(2)3/h9H,5-8H2,1-4H3. The molecule has 108 valence electrons. The van der Waals surface area contributed by atoms with Gasteiger partial charge in [-0.15, -0.1) is 0 Å². The molecule has 1 aromatic rings. The summed E-state index contributed by atoms with van der Waals surface area (Å²) in [6, 6.07) is 0. The predicted octanol–water partition coefficient (Wildman–Crippen LogP) is 3.29. The Morgan fingerprint density at radius 3 is 2.74 bits per heavy atom. The second-order valence-electron chi connectivity index (χ2n) is 4.59. The molecule has 5 nitrogen and oxygen atoms in total. The Labute approximate surface area is 122 Å². The minimum Gasteiger partial charge on any atom is -0.458 e. The van der Waals surface area contributed by atoms with Crippen molar-refractivity contribution in [3.8, 4) is 0 Å². The molecule has 0 aromatic carbocycles. The molecule has 0 unspecified atom stereocenters. The fraction of sp³-hybridized carbons (Fsp3) is 0.692. The molecule has 0 aliphatic heterocycles. The Hall–Kier alpha value is -0.880. The molecule has 0 N–H and O–H groups in total. The van der Waals surface area contributed by atoms with Crippen LogP contribution in [-0.2, 0) is 16.2 Å². The monoisotopic (exact) mass is 332 g/mol. The zero-order valence-corrected chi connectivity index (χ0v) is 13.5. The maximum absolute atomic E-state index is 12.0. The number of ether oxygens (including phenoxy) is 2. The van der Waals surface area contributed by atoms with E-state index in [0.717, 1.165) is 12.8 Å². The molecule has 1 heterocycles. The normalized spacial score (nSPS) is 11.1. The third kappa shape index (κ3) is 4.62. The lowest BCUT2D eigenvalue weighted by molar-refractivity contribution is 0.0324. The van der Waals surface area contributed by atoms with Crippen LogP contribution in [0.3, 0.4) is 0 Å². The van der Waals surface area contributed by atoms with Crippen molar-refractivity contribution in [3.63, 3.8) is 0 Å². The molecule has 0 saturated carbocycles. The van der Waals surface area contributed by atoms with Crippen molar-refractivity contribution in [1.82, 2.24) is 9.55 Å². The van der Waals surface area contributed by atoms with Crippen LogP contribution in [0.4, 0.5) is 0 Å². The van der Waals surface area contributed by atoms with Gasteiger partial charge in [-0.2, -0.15) is 0 Å². The van der Waals surface area contributed by atoms with Crippen LogP contribution in [0, 0.1) is 6.92 Å².